The van der Waals surface area contributed by atoms with Crippen LogP contribution >= 0.6 is 0 Å². The molecular formula is C11H18N2. The van der Waals surface area contributed by atoms with Gasteiger partial charge in [-0.2, -0.15) is 0 Å². The Morgan fingerprint density at radius 1 is 1.46 bits per heavy atom. The Bertz CT molecular complexity index is 301. The Kier molecular flexibility index (Phi) is 1.95. The van der Waals surface area contributed by atoms with Crippen LogP contribution in [-0.4, -0.2) is 16.9 Å². The van der Waals surface area contributed by atoms with Crippen LogP contribution < -0.4 is 0 Å². The lowest BCUT2D eigenvalue weighted by Gasteiger charge is -2.27. The smallest absolute Gasteiger partial charge is 0.0476 e. The van der Waals surface area contributed by atoms with Gasteiger partial charge in [0.15, 0.2) is 0 Å². The zero-order valence-corrected chi connectivity index (χ0v) is 8.83. The van der Waals surface area contributed by atoms with E-state index in [4.69, 9.17) is 0 Å². The van der Waals surface area contributed by atoms with Crippen LogP contribution in [0.15, 0.2) is 12.3 Å². The second kappa shape index (κ2) is 2.88. The van der Waals surface area contributed by atoms with Gasteiger partial charge in [0.2, 0.25) is 0 Å². The fourth-order valence-corrected chi connectivity index (χ4v) is 2.51. The Hall–Kier alpha value is -0.760. The predicted molar refractivity (Wildman–Crippen MR) is 54.5 cm³/mol. The molecule has 1 aromatic heterocycles. The molecule has 0 saturated carbocycles. The number of nitrogens with zero attached hydrogens (tertiary/aromatic N) is 1. The molecule has 2 unspecified atom stereocenters. The lowest BCUT2D eigenvalue weighted by molar-refractivity contribution is 0.174. The number of rotatable bonds is 1. The Morgan fingerprint density at radius 3 is 2.77 bits per heavy atom. The normalized spacial score (nSPS) is 28.4. The largest absolute Gasteiger partial charge is 0.363 e. The summed E-state index contributed by atoms with van der Waals surface area (Å²) in [5.74, 6) is 0.685. The summed E-state index contributed by atoms with van der Waals surface area (Å²) in [5.41, 5.74) is 2.89. The number of hydrogen-bond acceptors (Lipinski definition) is 1. The molecule has 1 aliphatic rings. The number of nitrogens with one attached hydrogen (secondary N) is 1. The predicted octanol–water partition coefficient (Wildman–Crippen LogP) is 2.72. The molecule has 0 radical (unpaired) electrons. The van der Waals surface area contributed by atoms with E-state index in [-0.39, 0.29) is 0 Å². The topological polar surface area (TPSA) is 19.0 Å². The first kappa shape index (κ1) is 8.82. The maximum atomic E-state index is 3.34. The van der Waals surface area contributed by atoms with Gasteiger partial charge in [0, 0.05) is 24.0 Å². The van der Waals surface area contributed by atoms with E-state index in [9.17, 15) is 0 Å². The fourth-order valence-electron chi connectivity index (χ4n) is 2.51. The molecule has 0 fully saturated rings. The molecule has 0 amide bonds. The van der Waals surface area contributed by atoms with Crippen molar-refractivity contribution in [2.75, 3.05) is 7.05 Å². The molecule has 0 bridgehead atoms. The summed E-state index contributed by atoms with van der Waals surface area (Å²) in [6.45, 7) is 6.84. The van der Waals surface area contributed by atoms with Crippen molar-refractivity contribution in [3.05, 3.63) is 23.5 Å². The van der Waals surface area contributed by atoms with E-state index in [2.05, 4.69) is 50.0 Å². The van der Waals surface area contributed by atoms with Crippen molar-refractivity contribution in [3.8, 4) is 0 Å². The molecule has 1 aromatic rings. The van der Waals surface area contributed by atoms with E-state index in [1.54, 1.807) is 0 Å². The van der Waals surface area contributed by atoms with Gasteiger partial charge in [-0.25, -0.2) is 0 Å². The van der Waals surface area contributed by atoms with Crippen LogP contribution in [0.2, 0.25) is 0 Å². The van der Waals surface area contributed by atoms with E-state index in [1.165, 1.54) is 11.3 Å². The van der Waals surface area contributed by atoms with Crippen LogP contribution in [0, 0.1) is 5.92 Å². The Labute approximate surface area is 79.9 Å². The van der Waals surface area contributed by atoms with Gasteiger partial charge in [-0.05, 0) is 31.5 Å². The molecule has 0 saturated heterocycles. The zero-order chi connectivity index (χ0) is 9.59. The second-order valence-electron chi connectivity index (χ2n) is 4.38. The standard InChI is InChI=1S/C11H18N2/c1-7(2)11-9-5-6-12-10(9)8(3)13(11)4/h5-8,11-12H,1-4H3. The maximum absolute atomic E-state index is 3.34. The first-order valence-electron chi connectivity index (χ1n) is 5.02. The number of aromatic amines is 1. The summed E-state index contributed by atoms with van der Waals surface area (Å²) in [6.07, 6.45) is 2.06. The van der Waals surface area contributed by atoms with Crippen LogP contribution in [0.3, 0.4) is 0 Å². The molecular weight excluding hydrogens is 160 g/mol. The van der Waals surface area contributed by atoms with Gasteiger partial charge in [0.25, 0.3) is 0 Å². The van der Waals surface area contributed by atoms with Crippen molar-refractivity contribution in [1.29, 1.82) is 0 Å². The quantitative estimate of drug-likeness (QED) is 0.700. The van der Waals surface area contributed by atoms with Crippen LogP contribution in [0.25, 0.3) is 0 Å². The lowest BCUT2D eigenvalue weighted by atomic mass is 9.99. The highest BCUT2D eigenvalue weighted by Gasteiger charge is 2.35. The van der Waals surface area contributed by atoms with Gasteiger partial charge in [-0.15, -0.1) is 0 Å². The van der Waals surface area contributed by atoms with Gasteiger partial charge in [0.05, 0.1) is 0 Å². The van der Waals surface area contributed by atoms with E-state index >= 15 is 0 Å². The minimum absolute atomic E-state index is 0.539. The van der Waals surface area contributed by atoms with Crippen LogP contribution in [0.5, 0.6) is 0 Å². The van der Waals surface area contributed by atoms with Crippen molar-refractivity contribution in [3.63, 3.8) is 0 Å². The van der Waals surface area contributed by atoms with Crippen molar-refractivity contribution in [2.45, 2.75) is 32.9 Å². The van der Waals surface area contributed by atoms with E-state index in [1.807, 2.05) is 0 Å². The molecule has 2 atom stereocenters. The highest BCUT2D eigenvalue weighted by Crippen LogP contribution is 2.43. The molecule has 2 heterocycles. The monoisotopic (exact) mass is 178 g/mol. The summed E-state index contributed by atoms with van der Waals surface area (Å²) in [4.78, 5) is 5.79. The van der Waals surface area contributed by atoms with Crippen molar-refractivity contribution < 1.29 is 0 Å². The minimum Gasteiger partial charge on any atom is -0.363 e. The van der Waals surface area contributed by atoms with Gasteiger partial charge >= 0.3 is 0 Å². The summed E-state index contributed by atoms with van der Waals surface area (Å²) in [6, 6.07) is 3.36. The number of hydrogen-bond donors (Lipinski definition) is 1. The molecule has 72 valence electrons. The third kappa shape index (κ3) is 1.12. The number of aromatic nitrogens is 1. The minimum atomic E-state index is 0.539. The third-order valence-corrected chi connectivity index (χ3v) is 3.23. The van der Waals surface area contributed by atoms with E-state index in [0.717, 1.165) is 0 Å². The zero-order valence-electron chi connectivity index (χ0n) is 8.83. The van der Waals surface area contributed by atoms with Crippen molar-refractivity contribution >= 4 is 0 Å². The van der Waals surface area contributed by atoms with Crippen molar-refractivity contribution in [1.82, 2.24) is 9.88 Å². The number of fused-ring (bicyclic) bond motifs is 1. The van der Waals surface area contributed by atoms with Crippen LogP contribution in [-0.2, 0) is 0 Å². The molecule has 0 aromatic carbocycles. The number of H-pyrrole nitrogens is 1. The summed E-state index contributed by atoms with van der Waals surface area (Å²) < 4.78 is 0. The first-order chi connectivity index (χ1) is 6.13. The molecule has 13 heavy (non-hydrogen) atoms. The molecule has 1 N–H and O–H groups in total. The first-order valence-corrected chi connectivity index (χ1v) is 5.02. The summed E-state index contributed by atoms with van der Waals surface area (Å²) in [5, 5.41) is 0. The Balaban J connectivity index is 2.42. The highest BCUT2D eigenvalue weighted by molar-refractivity contribution is 5.32. The molecule has 2 heteroatoms. The lowest BCUT2D eigenvalue weighted by Crippen LogP contribution is -2.23. The maximum Gasteiger partial charge on any atom is 0.0476 e. The average molecular weight is 178 g/mol. The molecule has 0 aliphatic carbocycles. The van der Waals surface area contributed by atoms with E-state index in [0.29, 0.717) is 18.0 Å². The highest BCUT2D eigenvalue weighted by atomic mass is 15.2. The van der Waals surface area contributed by atoms with E-state index < -0.39 is 0 Å². The molecule has 1 aliphatic heterocycles. The summed E-state index contributed by atoms with van der Waals surface area (Å²) >= 11 is 0. The average Bonchev–Trinajstić information content (AvgIpc) is 2.57. The summed E-state index contributed by atoms with van der Waals surface area (Å²) in [7, 11) is 2.21. The molecule has 0 spiro atoms. The van der Waals surface area contributed by atoms with Crippen molar-refractivity contribution in [2.24, 2.45) is 5.92 Å². The van der Waals surface area contributed by atoms with Gasteiger partial charge in [-0.3, -0.25) is 4.90 Å². The second-order valence-corrected chi connectivity index (χ2v) is 4.38. The Morgan fingerprint density at radius 2 is 2.15 bits per heavy atom. The third-order valence-electron chi connectivity index (χ3n) is 3.23. The molecule has 2 nitrogen and oxygen atoms in total. The van der Waals surface area contributed by atoms with Crippen LogP contribution in [0.1, 0.15) is 44.1 Å². The van der Waals surface area contributed by atoms with Crippen LogP contribution in [0.4, 0.5) is 0 Å². The van der Waals surface area contributed by atoms with Gasteiger partial charge < -0.3 is 4.98 Å². The fraction of sp³-hybridized carbons (Fsp3) is 0.636. The SMILES string of the molecule is CC(C)C1c2cc[nH]c2C(C)N1C. The van der Waals surface area contributed by atoms with Gasteiger partial charge in [-0.1, -0.05) is 13.8 Å². The molecule has 2 rings (SSSR count). The van der Waals surface area contributed by atoms with Gasteiger partial charge in [0.1, 0.15) is 0 Å².